The Balaban J connectivity index is 2.07. The van der Waals surface area contributed by atoms with Crippen LogP contribution in [0.2, 0.25) is 0 Å². The normalized spacial score (nSPS) is 13.7. The van der Waals surface area contributed by atoms with E-state index in [9.17, 15) is 8.42 Å². The van der Waals surface area contributed by atoms with Crippen LogP contribution in [-0.2, 0) is 21.2 Å². The molecule has 0 bridgehead atoms. The van der Waals surface area contributed by atoms with Crippen LogP contribution in [0.4, 0.5) is 0 Å². The van der Waals surface area contributed by atoms with E-state index in [1.54, 1.807) is 0 Å². The van der Waals surface area contributed by atoms with E-state index in [2.05, 4.69) is 37.6 Å². The summed E-state index contributed by atoms with van der Waals surface area (Å²) in [4.78, 5) is 0. The summed E-state index contributed by atoms with van der Waals surface area (Å²) < 4.78 is 27.3. The molecule has 0 saturated heterocycles. The molecule has 1 N–H and O–H groups in total. The smallest absolute Gasteiger partial charge is 0.212 e. The molecule has 0 aliphatic heterocycles. The largest absolute Gasteiger partial charge is 0.216 e. The zero-order valence-electron chi connectivity index (χ0n) is 14.2. The lowest BCUT2D eigenvalue weighted by molar-refractivity contribution is 0.565. The van der Waals surface area contributed by atoms with Crippen molar-refractivity contribution in [3.8, 4) is 0 Å². The minimum absolute atomic E-state index is 0.00173. The van der Waals surface area contributed by atoms with Gasteiger partial charge in [0.05, 0.1) is 5.75 Å². The fourth-order valence-electron chi connectivity index (χ4n) is 2.44. The molecule has 2 rings (SSSR count). The van der Waals surface area contributed by atoms with E-state index in [0.717, 1.165) is 11.1 Å². The number of hydrogen-bond acceptors (Lipinski definition) is 2. The maximum Gasteiger partial charge on any atom is 0.216 e. The highest BCUT2D eigenvalue weighted by molar-refractivity contribution is 7.88. The van der Waals surface area contributed by atoms with Gasteiger partial charge in [-0.15, -0.1) is 0 Å². The third-order valence-corrected chi connectivity index (χ3v) is 5.26. The Morgan fingerprint density at radius 3 is 2.04 bits per heavy atom. The molecule has 0 aromatic heterocycles. The highest BCUT2D eigenvalue weighted by atomic mass is 32.2. The van der Waals surface area contributed by atoms with Crippen LogP contribution in [0.25, 0.3) is 0 Å². The van der Waals surface area contributed by atoms with Gasteiger partial charge in [0.15, 0.2) is 0 Å². The van der Waals surface area contributed by atoms with Gasteiger partial charge in [-0.25, -0.2) is 13.1 Å². The lowest BCUT2D eigenvalue weighted by Gasteiger charge is -2.20. The fourth-order valence-corrected chi connectivity index (χ4v) is 3.83. The van der Waals surface area contributed by atoms with Crippen molar-refractivity contribution in [2.45, 2.75) is 44.9 Å². The number of nitrogens with one attached hydrogen (secondary N) is 1. The van der Waals surface area contributed by atoms with E-state index in [-0.39, 0.29) is 17.2 Å². The van der Waals surface area contributed by atoms with Crippen LogP contribution in [0.15, 0.2) is 54.6 Å². The quantitative estimate of drug-likeness (QED) is 0.894. The summed E-state index contributed by atoms with van der Waals surface area (Å²) in [5.74, 6) is -0.00173. The highest BCUT2D eigenvalue weighted by Crippen LogP contribution is 2.24. The predicted molar refractivity (Wildman–Crippen MR) is 95.8 cm³/mol. The molecule has 0 aliphatic carbocycles. The molecule has 0 aliphatic rings. The maximum absolute atomic E-state index is 12.3. The Labute approximate surface area is 139 Å². The van der Waals surface area contributed by atoms with E-state index in [1.807, 2.05) is 49.4 Å². The van der Waals surface area contributed by atoms with E-state index >= 15 is 0 Å². The average Bonchev–Trinajstić information content (AvgIpc) is 2.46. The first-order valence-electron chi connectivity index (χ1n) is 7.82. The molecule has 2 aromatic carbocycles. The zero-order valence-corrected chi connectivity index (χ0v) is 15.0. The van der Waals surface area contributed by atoms with Gasteiger partial charge in [-0.1, -0.05) is 75.4 Å². The Morgan fingerprint density at radius 1 is 0.957 bits per heavy atom. The Hall–Kier alpha value is -1.65. The van der Waals surface area contributed by atoms with Crippen LogP contribution >= 0.6 is 0 Å². The van der Waals surface area contributed by atoms with Gasteiger partial charge in [-0.2, -0.15) is 0 Å². The molecule has 23 heavy (non-hydrogen) atoms. The summed E-state index contributed by atoms with van der Waals surface area (Å²) in [5, 5.41) is 0. The molecular weight excluding hydrogens is 306 g/mol. The van der Waals surface area contributed by atoms with Crippen LogP contribution in [0.5, 0.6) is 0 Å². The molecule has 0 radical (unpaired) electrons. The second-order valence-electron chi connectivity index (χ2n) is 6.96. The average molecular weight is 331 g/mol. The first kappa shape index (κ1) is 17.7. The molecule has 3 nitrogen and oxygen atoms in total. The van der Waals surface area contributed by atoms with Crippen LogP contribution in [0.1, 0.15) is 50.4 Å². The van der Waals surface area contributed by atoms with Crippen LogP contribution in [-0.4, -0.2) is 8.42 Å². The number of rotatable bonds is 5. The lowest BCUT2D eigenvalue weighted by atomic mass is 9.86. The topological polar surface area (TPSA) is 46.2 Å². The van der Waals surface area contributed by atoms with Crippen LogP contribution in [0.3, 0.4) is 0 Å². The lowest BCUT2D eigenvalue weighted by Crippen LogP contribution is -2.28. The number of benzene rings is 2. The van der Waals surface area contributed by atoms with E-state index in [4.69, 9.17) is 0 Å². The molecule has 1 unspecified atom stereocenters. The highest BCUT2D eigenvalue weighted by Gasteiger charge is 2.18. The molecule has 0 fully saturated rings. The van der Waals surface area contributed by atoms with E-state index < -0.39 is 10.0 Å². The molecule has 0 heterocycles. The summed E-state index contributed by atoms with van der Waals surface area (Å²) in [6.07, 6.45) is 0. The Kier molecular flexibility index (Phi) is 5.27. The molecule has 2 aromatic rings. The maximum atomic E-state index is 12.3. The summed E-state index contributed by atoms with van der Waals surface area (Å²) in [6, 6.07) is 17.1. The third-order valence-electron chi connectivity index (χ3n) is 3.83. The van der Waals surface area contributed by atoms with Gasteiger partial charge in [-0.05, 0) is 29.0 Å². The summed E-state index contributed by atoms with van der Waals surface area (Å²) >= 11 is 0. The van der Waals surface area contributed by atoms with Crippen LogP contribution in [0, 0.1) is 0 Å². The minimum Gasteiger partial charge on any atom is -0.212 e. The Morgan fingerprint density at radius 2 is 1.52 bits per heavy atom. The molecule has 4 heteroatoms. The van der Waals surface area contributed by atoms with Crippen molar-refractivity contribution in [2.24, 2.45) is 0 Å². The number of sulfonamides is 1. The van der Waals surface area contributed by atoms with Gasteiger partial charge in [0.25, 0.3) is 0 Å². The monoisotopic (exact) mass is 331 g/mol. The van der Waals surface area contributed by atoms with Gasteiger partial charge in [0.1, 0.15) is 0 Å². The Bertz CT molecular complexity index is 729. The summed E-state index contributed by atoms with van der Waals surface area (Å²) in [7, 11) is -3.37. The van der Waals surface area contributed by atoms with Crippen molar-refractivity contribution in [2.75, 3.05) is 0 Å². The zero-order chi connectivity index (χ0) is 17.1. The SMILES string of the molecule is CC(NS(=O)(=O)Cc1ccccc1)c1ccc(C(C)(C)C)cc1. The summed E-state index contributed by atoms with van der Waals surface area (Å²) in [6.45, 7) is 8.35. The molecular formula is C19H25NO2S. The van der Waals surface area contributed by atoms with Gasteiger partial charge >= 0.3 is 0 Å². The van der Waals surface area contributed by atoms with E-state index in [0.29, 0.717) is 0 Å². The number of hydrogen-bond donors (Lipinski definition) is 1. The first-order valence-corrected chi connectivity index (χ1v) is 9.47. The van der Waals surface area contributed by atoms with Gasteiger partial charge in [0.2, 0.25) is 10.0 Å². The van der Waals surface area contributed by atoms with Gasteiger partial charge in [-0.3, -0.25) is 0 Å². The van der Waals surface area contributed by atoms with Crippen molar-refractivity contribution in [3.63, 3.8) is 0 Å². The fraction of sp³-hybridized carbons (Fsp3) is 0.368. The molecule has 0 saturated carbocycles. The van der Waals surface area contributed by atoms with Gasteiger partial charge < -0.3 is 0 Å². The molecule has 1 atom stereocenters. The minimum atomic E-state index is -3.37. The second-order valence-corrected chi connectivity index (χ2v) is 8.71. The van der Waals surface area contributed by atoms with Crippen molar-refractivity contribution < 1.29 is 8.42 Å². The van der Waals surface area contributed by atoms with Crippen molar-refractivity contribution in [3.05, 3.63) is 71.3 Å². The molecule has 0 spiro atoms. The van der Waals surface area contributed by atoms with Gasteiger partial charge in [0, 0.05) is 6.04 Å². The summed E-state index contributed by atoms with van der Waals surface area (Å²) in [5.41, 5.74) is 3.08. The van der Waals surface area contributed by atoms with Crippen LogP contribution < -0.4 is 4.72 Å². The van der Waals surface area contributed by atoms with Crippen molar-refractivity contribution >= 4 is 10.0 Å². The standard InChI is InChI=1S/C19H25NO2S/c1-15(17-10-12-18(13-11-17)19(2,3)4)20-23(21,22)14-16-8-6-5-7-9-16/h5-13,15,20H,14H2,1-4H3. The van der Waals surface area contributed by atoms with Crippen molar-refractivity contribution in [1.82, 2.24) is 4.72 Å². The second kappa shape index (κ2) is 6.85. The molecule has 124 valence electrons. The molecule has 0 amide bonds. The van der Waals surface area contributed by atoms with E-state index in [1.165, 1.54) is 5.56 Å². The third kappa shape index (κ3) is 5.19. The predicted octanol–water partition coefficient (Wildman–Crippen LogP) is 4.16. The first-order chi connectivity index (χ1) is 10.7. The van der Waals surface area contributed by atoms with Crippen molar-refractivity contribution in [1.29, 1.82) is 0 Å².